The number of rotatable bonds is 4. The van der Waals surface area contributed by atoms with Crippen molar-refractivity contribution in [1.29, 1.82) is 0 Å². The highest BCUT2D eigenvalue weighted by molar-refractivity contribution is 7.99. The van der Waals surface area contributed by atoms with E-state index in [9.17, 15) is 4.79 Å². The Morgan fingerprint density at radius 3 is 3.00 bits per heavy atom. The van der Waals surface area contributed by atoms with E-state index in [4.69, 9.17) is 4.42 Å². The van der Waals surface area contributed by atoms with Crippen molar-refractivity contribution in [1.82, 2.24) is 20.1 Å². The zero-order valence-electron chi connectivity index (χ0n) is 15.8. The Balaban J connectivity index is 1.25. The number of hydrogen-bond acceptors (Lipinski definition) is 5. The Morgan fingerprint density at radius 1 is 1.18 bits per heavy atom. The normalized spacial score (nSPS) is 22.4. The van der Waals surface area contributed by atoms with Gasteiger partial charge >= 0.3 is 0 Å². The van der Waals surface area contributed by atoms with Gasteiger partial charge in [0, 0.05) is 29.7 Å². The molecule has 1 aliphatic heterocycles. The highest BCUT2D eigenvalue weighted by Crippen LogP contribution is 2.36. The van der Waals surface area contributed by atoms with E-state index >= 15 is 0 Å². The van der Waals surface area contributed by atoms with Crippen LogP contribution in [0.1, 0.15) is 38.5 Å². The fraction of sp³-hybridized carbons (Fsp3) is 0.476. The monoisotopic (exact) mass is 396 g/mol. The van der Waals surface area contributed by atoms with Crippen molar-refractivity contribution in [3.8, 4) is 11.5 Å². The van der Waals surface area contributed by atoms with Crippen molar-refractivity contribution in [2.24, 2.45) is 5.92 Å². The first kappa shape index (κ1) is 17.8. The highest BCUT2D eigenvalue weighted by Gasteiger charge is 2.35. The molecule has 0 unspecified atom stereocenters. The quantitative estimate of drug-likeness (QED) is 0.658. The molecule has 0 bridgehead atoms. The van der Waals surface area contributed by atoms with Crippen molar-refractivity contribution in [2.75, 3.05) is 12.3 Å². The second kappa shape index (κ2) is 7.62. The van der Waals surface area contributed by atoms with Crippen LogP contribution in [0.5, 0.6) is 0 Å². The number of carbonyl (C=O) groups excluding carboxylic acids is 1. The lowest BCUT2D eigenvalue weighted by Crippen LogP contribution is -2.50. The summed E-state index contributed by atoms with van der Waals surface area (Å²) in [6, 6.07) is 8.46. The molecule has 1 saturated heterocycles. The van der Waals surface area contributed by atoms with Crippen LogP contribution in [0.4, 0.5) is 0 Å². The van der Waals surface area contributed by atoms with E-state index in [1.807, 2.05) is 30.5 Å². The summed E-state index contributed by atoms with van der Waals surface area (Å²) >= 11 is 1.34. The summed E-state index contributed by atoms with van der Waals surface area (Å²) in [4.78, 5) is 18.2. The number of carbonyl (C=O) groups is 1. The smallest absolute Gasteiger partial charge is 0.277 e. The molecule has 2 aliphatic rings. The molecule has 1 amide bonds. The Kier molecular flexibility index (Phi) is 4.84. The molecular weight excluding hydrogens is 372 g/mol. The lowest BCUT2D eigenvalue weighted by atomic mass is 9.78. The number of likely N-dealkylation sites (tertiary alicyclic amines) is 1. The van der Waals surface area contributed by atoms with Gasteiger partial charge in [0.2, 0.25) is 5.91 Å². The molecule has 3 aromatic rings. The number of amides is 1. The van der Waals surface area contributed by atoms with Crippen LogP contribution in [0.15, 0.2) is 40.1 Å². The number of para-hydroxylation sites is 1. The molecule has 146 valence electrons. The minimum Gasteiger partial charge on any atom is -0.411 e. The van der Waals surface area contributed by atoms with Crippen LogP contribution >= 0.6 is 11.8 Å². The maximum atomic E-state index is 12.8. The van der Waals surface area contributed by atoms with Gasteiger partial charge in [0.25, 0.3) is 11.1 Å². The van der Waals surface area contributed by atoms with Gasteiger partial charge in [0.15, 0.2) is 0 Å². The summed E-state index contributed by atoms with van der Waals surface area (Å²) in [6.07, 6.45) is 9.29. The fourth-order valence-electron chi connectivity index (χ4n) is 4.77. The number of aromatic amines is 1. The molecule has 6 nitrogen and oxygen atoms in total. The molecule has 2 aromatic heterocycles. The average molecular weight is 397 g/mol. The highest BCUT2D eigenvalue weighted by atomic mass is 32.2. The Labute approximate surface area is 168 Å². The van der Waals surface area contributed by atoms with Gasteiger partial charge in [0.1, 0.15) is 0 Å². The molecule has 0 radical (unpaired) electrons. The first-order valence-corrected chi connectivity index (χ1v) is 11.1. The Bertz CT molecular complexity index is 980. The van der Waals surface area contributed by atoms with Crippen molar-refractivity contribution in [2.45, 2.75) is 49.8 Å². The minimum absolute atomic E-state index is 0.202. The number of nitrogens with zero attached hydrogens (tertiary/aromatic N) is 3. The van der Waals surface area contributed by atoms with Crippen molar-refractivity contribution >= 4 is 28.6 Å². The van der Waals surface area contributed by atoms with Crippen LogP contribution < -0.4 is 0 Å². The average Bonchev–Trinajstić information content (AvgIpc) is 3.38. The van der Waals surface area contributed by atoms with E-state index < -0.39 is 0 Å². The van der Waals surface area contributed by atoms with Crippen LogP contribution in [0.3, 0.4) is 0 Å². The van der Waals surface area contributed by atoms with E-state index in [2.05, 4.69) is 20.1 Å². The number of benzene rings is 1. The third-order valence-electron chi connectivity index (χ3n) is 6.11. The van der Waals surface area contributed by atoms with E-state index in [0.29, 0.717) is 28.8 Å². The largest absolute Gasteiger partial charge is 0.411 e. The van der Waals surface area contributed by atoms with Crippen LogP contribution in [0.2, 0.25) is 0 Å². The second-order valence-electron chi connectivity index (χ2n) is 7.75. The first-order valence-electron chi connectivity index (χ1n) is 10.1. The van der Waals surface area contributed by atoms with Crippen molar-refractivity contribution < 1.29 is 9.21 Å². The second-order valence-corrected chi connectivity index (χ2v) is 8.68. The van der Waals surface area contributed by atoms with Gasteiger partial charge in [-0.2, -0.15) is 0 Å². The molecular formula is C21H24N4O2S. The van der Waals surface area contributed by atoms with Gasteiger partial charge in [-0.15, -0.1) is 10.2 Å². The lowest BCUT2D eigenvalue weighted by Gasteiger charge is -2.44. The molecule has 3 heterocycles. The van der Waals surface area contributed by atoms with Gasteiger partial charge in [-0.3, -0.25) is 4.79 Å². The van der Waals surface area contributed by atoms with Crippen molar-refractivity contribution in [3.63, 3.8) is 0 Å². The van der Waals surface area contributed by atoms with Crippen LogP contribution in [-0.2, 0) is 4.79 Å². The summed E-state index contributed by atoms with van der Waals surface area (Å²) in [5.74, 6) is 1.75. The number of H-pyrrole nitrogens is 1. The summed E-state index contributed by atoms with van der Waals surface area (Å²) in [5, 5.41) is 9.82. The number of hydrogen-bond donors (Lipinski definition) is 1. The molecule has 0 spiro atoms. The van der Waals surface area contributed by atoms with Crippen molar-refractivity contribution in [3.05, 3.63) is 30.5 Å². The predicted octanol–water partition coefficient (Wildman–Crippen LogP) is 4.49. The molecule has 1 N–H and O–H groups in total. The van der Waals surface area contributed by atoms with Gasteiger partial charge < -0.3 is 14.3 Å². The summed E-state index contributed by atoms with van der Waals surface area (Å²) < 4.78 is 5.83. The lowest BCUT2D eigenvalue weighted by molar-refractivity contribution is -0.134. The van der Waals surface area contributed by atoms with Gasteiger partial charge in [-0.1, -0.05) is 42.8 Å². The molecule has 1 aliphatic carbocycles. The van der Waals surface area contributed by atoms with Gasteiger partial charge in [-0.05, 0) is 37.7 Å². The van der Waals surface area contributed by atoms with Gasteiger partial charge in [-0.25, -0.2) is 0 Å². The number of piperidine rings is 1. The molecule has 7 heteroatoms. The molecule has 28 heavy (non-hydrogen) atoms. The standard InChI is InChI=1S/C21H24N4O2S/c26-19(25-11-5-7-14-6-1-4-10-18(14)25)13-28-21-24-23-20(27-21)16-12-22-17-9-3-2-8-15(16)17/h2-3,8-9,12,14,18,22H,1,4-7,10-11,13H2/t14-,18+/m0/s1. The molecule has 1 aromatic carbocycles. The molecule has 1 saturated carbocycles. The molecule has 5 rings (SSSR count). The number of thioether (sulfide) groups is 1. The fourth-order valence-corrected chi connectivity index (χ4v) is 5.42. The zero-order chi connectivity index (χ0) is 18.9. The topological polar surface area (TPSA) is 75.0 Å². The number of aromatic nitrogens is 3. The third kappa shape index (κ3) is 3.32. The molecule has 2 atom stereocenters. The number of nitrogens with one attached hydrogen (secondary N) is 1. The Morgan fingerprint density at radius 2 is 2.04 bits per heavy atom. The Hall–Kier alpha value is -2.28. The summed E-state index contributed by atoms with van der Waals surface area (Å²) in [5.41, 5.74) is 1.93. The van der Waals surface area contributed by atoms with Crippen LogP contribution in [0.25, 0.3) is 22.4 Å². The number of fused-ring (bicyclic) bond motifs is 2. The van der Waals surface area contributed by atoms with Crippen LogP contribution in [-0.4, -0.2) is 44.3 Å². The SMILES string of the molecule is O=C(CSc1nnc(-c2c[nH]c3ccccc23)o1)N1CCC[C@@H]2CCCC[C@H]21. The maximum absolute atomic E-state index is 12.8. The maximum Gasteiger partial charge on any atom is 0.277 e. The molecule has 2 fully saturated rings. The zero-order valence-corrected chi connectivity index (χ0v) is 16.6. The van der Waals surface area contributed by atoms with E-state index in [1.165, 1.54) is 37.4 Å². The van der Waals surface area contributed by atoms with E-state index in [1.54, 1.807) is 0 Å². The predicted molar refractivity (Wildman–Crippen MR) is 109 cm³/mol. The van der Waals surface area contributed by atoms with Gasteiger partial charge in [0.05, 0.1) is 11.3 Å². The summed E-state index contributed by atoms with van der Waals surface area (Å²) in [7, 11) is 0. The van der Waals surface area contributed by atoms with Crippen LogP contribution in [0, 0.1) is 5.92 Å². The first-order chi connectivity index (χ1) is 13.8. The summed E-state index contributed by atoms with van der Waals surface area (Å²) in [6.45, 7) is 0.894. The minimum atomic E-state index is 0.202. The third-order valence-corrected chi connectivity index (χ3v) is 6.91. The van der Waals surface area contributed by atoms with E-state index in [0.717, 1.165) is 35.9 Å². The van der Waals surface area contributed by atoms with E-state index in [-0.39, 0.29) is 5.91 Å².